The van der Waals surface area contributed by atoms with Gasteiger partial charge in [-0.25, -0.2) is 4.79 Å². The van der Waals surface area contributed by atoms with Crippen LogP contribution in [0.4, 0.5) is 13.2 Å². The second-order valence-corrected chi connectivity index (χ2v) is 12.2. The molecule has 1 aliphatic carbocycles. The van der Waals surface area contributed by atoms with Crippen LogP contribution in [-0.4, -0.2) is 37.0 Å². The maximum Gasteiger partial charge on any atom is 0.490 e. The topological polar surface area (TPSA) is 37.3 Å². The fraction of sp³-hybridized carbons (Fsp3) is 0.889. The smallest absolute Gasteiger partial charge is 0.475 e. The van der Waals surface area contributed by atoms with Crippen molar-refractivity contribution in [3.63, 3.8) is 0 Å². The Morgan fingerprint density at radius 3 is 1.87 bits per heavy atom. The van der Waals surface area contributed by atoms with E-state index >= 15 is 0 Å². The van der Waals surface area contributed by atoms with Crippen molar-refractivity contribution in [1.82, 2.24) is 0 Å². The number of hydrogen-bond donors (Lipinski definition) is 1. The fourth-order valence-electron chi connectivity index (χ4n) is 1.21. The van der Waals surface area contributed by atoms with Gasteiger partial charge in [0, 0.05) is 0 Å². The normalized spacial score (nSPS) is 24.5. The van der Waals surface area contributed by atoms with E-state index in [1.54, 1.807) is 10.9 Å². The third-order valence-electron chi connectivity index (χ3n) is 2.19. The Morgan fingerprint density at radius 2 is 1.80 bits per heavy atom. The average molecular weight is 332 g/mol. The number of aliphatic carboxylic acids is 1. The van der Waals surface area contributed by atoms with Gasteiger partial charge in [-0.1, -0.05) is 0 Å². The zero-order valence-electron chi connectivity index (χ0n) is 9.06. The molecule has 15 heavy (non-hydrogen) atoms. The summed E-state index contributed by atoms with van der Waals surface area (Å²) in [4.78, 5) is 13.9. The molecule has 0 aromatic carbocycles. The van der Waals surface area contributed by atoms with E-state index in [4.69, 9.17) is 9.90 Å². The van der Waals surface area contributed by atoms with Gasteiger partial charge in [0.05, 0.1) is 0 Å². The summed E-state index contributed by atoms with van der Waals surface area (Å²) in [5.74, 6) is -0.475. The van der Waals surface area contributed by atoms with Crippen LogP contribution in [0.15, 0.2) is 0 Å². The Morgan fingerprint density at radius 1 is 1.47 bits per heavy atom. The van der Waals surface area contributed by atoms with Crippen LogP contribution in [0.5, 0.6) is 0 Å². The molecule has 6 heteroatoms. The summed E-state index contributed by atoms with van der Waals surface area (Å²) in [5, 5.41) is 7.12. The van der Waals surface area contributed by atoms with Crippen LogP contribution in [0.2, 0.25) is 14.3 Å². The van der Waals surface area contributed by atoms with Crippen LogP contribution < -0.4 is 0 Å². The molecule has 0 aliphatic heterocycles. The maximum atomic E-state index is 10.6. The zero-order valence-corrected chi connectivity index (χ0v) is 11.9. The molecule has 1 aliphatic rings. The molecule has 2 atom stereocenters. The molecule has 0 aromatic rings. The molecule has 1 fully saturated rings. The second-order valence-electron chi connectivity index (χ2n) is 4.19. The number of carboxylic acids is 1. The molecule has 1 N–H and O–H groups in total. The van der Waals surface area contributed by atoms with Gasteiger partial charge in [-0.3, -0.25) is 0 Å². The van der Waals surface area contributed by atoms with Crippen LogP contribution >= 0.6 is 0 Å². The Kier molecular flexibility index (Phi) is 5.98. The molecule has 0 aromatic heterocycles. The van der Waals surface area contributed by atoms with Crippen LogP contribution in [-0.2, 0) is 4.79 Å². The quantitative estimate of drug-likeness (QED) is 0.790. The van der Waals surface area contributed by atoms with Crippen molar-refractivity contribution in [3.05, 3.63) is 0 Å². The molecule has 1 rings (SSSR count). The summed E-state index contributed by atoms with van der Waals surface area (Å²) in [6.07, 6.45) is -3.54. The average Bonchev–Trinajstić information content (AvgIpc) is 2.63. The molecule has 0 heterocycles. The van der Waals surface area contributed by atoms with Crippen molar-refractivity contribution >= 4 is 25.7 Å². The molecule has 2 nitrogen and oxygen atoms in total. The summed E-state index contributed by atoms with van der Waals surface area (Å²) in [5.41, 5.74) is 0. The van der Waals surface area contributed by atoms with Gasteiger partial charge in [-0.15, -0.1) is 0 Å². The van der Waals surface area contributed by atoms with Gasteiger partial charge < -0.3 is 5.11 Å². The van der Waals surface area contributed by atoms with E-state index in [1.165, 1.54) is 5.92 Å². The molecule has 1 radical (unpaired) electrons. The first-order valence-corrected chi connectivity index (χ1v) is 12.5. The minimum Gasteiger partial charge on any atom is -0.475 e. The summed E-state index contributed by atoms with van der Waals surface area (Å²) in [6.45, 7) is 2.39. The van der Waals surface area contributed by atoms with Crippen molar-refractivity contribution in [2.24, 2.45) is 11.8 Å². The van der Waals surface area contributed by atoms with Gasteiger partial charge in [0.1, 0.15) is 0 Å². The molecule has 0 bridgehead atoms. The van der Waals surface area contributed by atoms with E-state index in [2.05, 4.69) is 16.8 Å². The standard InChI is InChI=1S/C5H9.C2HF3O2.2CH3.Sn/c1-4-3-5(4)2;3-2(4,5)1(6)7;;;/h4-5H,1,3H2,2H3;(H,6,7);2*1H3;. The summed E-state index contributed by atoms with van der Waals surface area (Å²) < 4.78 is 33.4. The summed E-state index contributed by atoms with van der Waals surface area (Å²) in [7, 11) is 0. The van der Waals surface area contributed by atoms with Crippen molar-refractivity contribution in [1.29, 1.82) is 0 Å². The minimum atomic E-state index is -5.08. The van der Waals surface area contributed by atoms with E-state index in [0.717, 1.165) is 5.92 Å². The van der Waals surface area contributed by atoms with Crippen molar-refractivity contribution in [3.8, 4) is 0 Å². The Labute approximate surface area is 94.6 Å². The molecule has 1 saturated carbocycles. The number of alkyl halides is 3. The number of carbonyl (C=O) groups is 1. The molecule has 2 unspecified atom stereocenters. The number of hydrogen-bond acceptors (Lipinski definition) is 1. The first-order valence-electron chi connectivity index (χ1n) is 4.73. The molecule has 0 spiro atoms. The van der Waals surface area contributed by atoms with Gasteiger partial charge in [0.15, 0.2) is 0 Å². The van der Waals surface area contributed by atoms with Crippen LogP contribution in [0.3, 0.4) is 0 Å². The maximum absolute atomic E-state index is 10.6. The van der Waals surface area contributed by atoms with Crippen LogP contribution in [0, 0.1) is 11.8 Å². The van der Waals surface area contributed by atoms with Gasteiger partial charge in [-0.2, -0.15) is 13.2 Å². The van der Waals surface area contributed by atoms with Gasteiger partial charge in [0.25, 0.3) is 0 Å². The summed E-state index contributed by atoms with van der Waals surface area (Å²) >= 11 is -0.673. The van der Waals surface area contributed by atoms with E-state index in [9.17, 15) is 13.2 Å². The first kappa shape index (κ1) is 15.1. The predicted octanol–water partition coefficient (Wildman–Crippen LogP) is 3.03. The predicted molar refractivity (Wildman–Crippen MR) is 53.3 cm³/mol. The number of halogens is 3. The third kappa shape index (κ3) is 7.93. The molecule has 89 valence electrons. The SMILES string of the molecule is CC1CC1[CH2][Sn]([CH3])[CH3].O=C(O)C(F)(F)F. The van der Waals surface area contributed by atoms with Crippen molar-refractivity contribution in [2.75, 3.05) is 0 Å². The molecule has 0 saturated heterocycles. The summed E-state index contributed by atoms with van der Waals surface area (Å²) in [6, 6.07) is 0. The van der Waals surface area contributed by atoms with Crippen molar-refractivity contribution in [2.45, 2.75) is 33.8 Å². The van der Waals surface area contributed by atoms with E-state index < -0.39 is 31.9 Å². The number of carboxylic acid groups (broad SMARTS) is 1. The molecular weight excluding hydrogens is 316 g/mol. The number of rotatable bonds is 2. The minimum absolute atomic E-state index is 0.673. The fourth-order valence-corrected chi connectivity index (χ4v) is 5.83. The van der Waals surface area contributed by atoms with Gasteiger partial charge in [0.2, 0.25) is 0 Å². The van der Waals surface area contributed by atoms with Gasteiger partial charge >= 0.3 is 71.4 Å². The van der Waals surface area contributed by atoms with Gasteiger partial charge in [-0.05, 0) is 0 Å². The van der Waals surface area contributed by atoms with E-state index in [1.807, 2.05) is 0 Å². The Bertz CT molecular complexity index is 216. The van der Waals surface area contributed by atoms with Crippen LogP contribution in [0.1, 0.15) is 13.3 Å². The van der Waals surface area contributed by atoms with Crippen LogP contribution in [0.25, 0.3) is 0 Å². The van der Waals surface area contributed by atoms with E-state index in [0.29, 0.717) is 0 Å². The first-order chi connectivity index (χ1) is 6.64. The molecule has 0 amide bonds. The Balaban J connectivity index is 0.000000265. The van der Waals surface area contributed by atoms with E-state index in [-0.39, 0.29) is 0 Å². The Hall–Kier alpha value is 0.0587. The monoisotopic (exact) mass is 333 g/mol. The third-order valence-corrected chi connectivity index (χ3v) is 6.02. The molecular formula is C9H16F3O2Sn. The second kappa shape index (κ2) is 5.96. The van der Waals surface area contributed by atoms with Crippen molar-refractivity contribution < 1.29 is 23.1 Å². The zero-order chi connectivity index (χ0) is 12.2. The largest absolute Gasteiger partial charge is 0.490 e.